The van der Waals surface area contributed by atoms with Gasteiger partial charge in [-0.15, -0.1) is 0 Å². The molecule has 1 fully saturated rings. The number of hydrogen-bond acceptors (Lipinski definition) is 2. The molecule has 2 nitrogen and oxygen atoms in total. The summed E-state index contributed by atoms with van der Waals surface area (Å²) in [6.45, 7) is 0.419. The first-order chi connectivity index (χ1) is 9.61. The predicted octanol–water partition coefficient (Wildman–Crippen LogP) is 3.09. The molecular weight excluding hydrogens is 258 g/mol. The Kier molecular flexibility index (Phi) is 5.49. The fraction of sp³-hybridized carbons (Fsp3) is 0.625. The van der Waals surface area contributed by atoms with Gasteiger partial charge < -0.3 is 5.73 Å². The Balaban J connectivity index is 2.07. The lowest BCUT2D eigenvalue weighted by Crippen LogP contribution is -2.46. The number of nitrogens with two attached hydrogens (primary N) is 1. The molecule has 3 atom stereocenters. The third-order valence-electron chi connectivity index (χ3n) is 4.52. The smallest absolute Gasteiger partial charge is 0.251 e. The summed E-state index contributed by atoms with van der Waals surface area (Å²) < 4.78 is 25.2. The Labute approximate surface area is 120 Å². The Bertz CT molecular complexity index is 397. The van der Waals surface area contributed by atoms with Crippen molar-refractivity contribution in [2.24, 2.45) is 11.7 Å². The highest BCUT2D eigenvalue weighted by Gasteiger charge is 2.33. The molecule has 0 spiro atoms. The molecule has 3 unspecified atom stereocenters. The molecule has 0 bridgehead atoms. The van der Waals surface area contributed by atoms with Gasteiger partial charge in [-0.25, -0.2) is 8.78 Å². The van der Waals surface area contributed by atoms with Gasteiger partial charge in [0.2, 0.25) is 0 Å². The Hall–Kier alpha value is -1.00. The van der Waals surface area contributed by atoms with E-state index in [-0.39, 0.29) is 12.6 Å². The van der Waals surface area contributed by atoms with Crippen molar-refractivity contribution in [2.75, 3.05) is 20.1 Å². The number of hydrogen-bond donors (Lipinski definition) is 1. The van der Waals surface area contributed by atoms with Crippen LogP contribution in [0.2, 0.25) is 0 Å². The average molecular weight is 282 g/mol. The van der Waals surface area contributed by atoms with Gasteiger partial charge in [0.05, 0.1) is 6.54 Å². The second kappa shape index (κ2) is 7.14. The summed E-state index contributed by atoms with van der Waals surface area (Å²) in [4.78, 5) is 1.80. The fourth-order valence-corrected chi connectivity index (χ4v) is 3.41. The van der Waals surface area contributed by atoms with Gasteiger partial charge in [-0.1, -0.05) is 30.3 Å². The van der Waals surface area contributed by atoms with Gasteiger partial charge in [-0.3, -0.25) is 4.90 Å². The SMILES string of the molecule is CN(CC(F)F)C1CC(c2ccccc2)CCC1CN. The minimum Gasteiger partial charge on any atom is -0.330 e. The van der Waals surface area contributed by atoms with E-state index in [1.807, 2.05) is 18.2 Å². The van der Waals surface area contributed by atoms with Crippen molar-refractivity contribution in [2.45, 2.75) is 37.6 Å². The first kappa shape index (κ1) is 15.4. The van der Waals surface area contributed by atoms with Crippen molar-refractivity contribution in [3.8, 4) is 0 Å². The van der Waals surface area contributed by atoms with Crippen molar-refractivity contribution in [3.05, 3.63) is 35.9 Å². The summed E-state index contributed by atoms with van der Waals surface area (Å²) >= 11 is 0. The van der Waals surface area contributed by atoms with Crippen LogP contribution in [0, 0.1) is 5.92 Å². The van der Waals surface area contributed by atoms with Gasteiger partial charge >= 0.3 is 0 Å². The molecule has 0 heterocycles. The van der Waals surface area contributed by atoms with Crippen LogP contribution in [-0.2, 0) is 0 Å². The van der Waals surface area contributed by atoms with Crippen LogP contribution in [0.4, 0.5) is 8.78 Å². The summed E-state index contributed by atoms with van der Waals surface area (Å²) in [5.74, 6) is 0.794. The third kappa shape index (κ3) is 3.76. The second-order valence-corrected chi connectivity index (χ2v) is 5.81. The molecule has 2 rings (SSSR count). The van der Waals surface area contributed by atoms with Crippen LogP contribution >= 0.6 is 0 Å². The van der Waals surface area contributed by atoms with Crippen LogP contribution in [0.5, 0.6) is 0 Å². The maximum absolute atomic E-state index is 12.6. The van der Waals surface area contributed by atoms with Gasteiger partial charge in [0.25, 0.3) is 6.43 Å². The predicted molar refractivity (Wildman–Crippen MR) is 78.0 cm³/mol. The van der Waals surface area contributed by atoms with Crippen LogP contribution in [0.1, 0.15) is 30.7 Å². The van der Waals surface area contributed by atoms with Crippen molar-refractivity contribution < 1.29 is 8.78 Å². The van der Waals surface area contributed by atoms with Crippen molar-refractivity contribution in [3.63, 3.8) is 0 Å². The van der Waals surface area contributed by atoms with E-state index in [1.165, 1.54) is 5.56 Å². The largest absolute Gasteiger partial charge is 0.330 e. The Morgan fingerprint density at radius 1 is 1.25 bits per heavy atom. The highest BCUT2D eigenvalue weighted by atomic mass is 19.3. The van der Waals surface area contributed by atoms with Gasteiger partial charge in [0.1, 0.15) is 0 Å². The molecule has 0 radical (unpaired) electrons. The molecular formula is C16H24F2N2. The van der Waals surface area contributed by atoms with Crippen LogP contribution in [-0.4, -0.2) is 37.5 Å². The van der Waals surface area contributed by atoms with Crippen molar-refractivity contribution in [1.82, 2.24) is 4.90 Å². The second-order valence-electron chi connectivity index (χ2n) is 5.81. The number of alkyl halides is 2. The minimum absolute atomic E-state index is 0.160. The van der Waals surface area contributed by atoms with E-state index in [0.717, 1.165) is 19.3 Å². The van der Waals surface area contributed by atoms with Gasteiger partial charge in [0.15, 0.2) is 0 Å². The number of benzene rings is 1. The van der Waals surface area contributed by atoms with Crippen LogP contribution in [0.3, 0.4) is 0 Å². The molecule has 1 aliphatic rings. The molecule has 1 saturated carbocycles. The van der Waals surface area contributed by atoms with Crippen molar-refractivity contribution >= 4 is 0 Å². The van der Waals surface area contributed by atoms with Crippen molar-refractivity contribution in [1.29, 1.82) is 0 Å². The molecule has 0 aliphatic heterocycles. The van der Waals surface area contributed by atoms with Gasteiger partial charge in [0, 0.05) is 6.04 Å². The lowest BCUT2D eigenvalue weighted by Gasteiger charge is -2.41. The number of halogens is 2. The maximum Gasteiger partial charge on any atom is 0.251 e. The van der Waals surface area contributed by atoms with E-state index in [9.17, 15) is 8.78 Å². The minimum atomic E-state index is -2.28. The molecule has 0 saturated heterocycles. The first-order valence-electron chi connectivity index (χ1n) is 7.35. The molecule has 1 aromatic rings. The monoisotopic (exact) mass is 282 g/mol. The lowest BCUT2D eigenvalue weighted by atomic mass is 9.75. The molecule has 0 aromatic heterocycles. The quantitative estimate of drug-likeness (QED) is 0.899. The van der Waals surface area contributed by atoms with E-state index in [2.05, 4.69) is 12.1 Å². The summed E-state index contributed by atoms with van der Waals surface area (Å²) in [5.41, 5.74) is 7.15. The topological polar surface area (TPSA) is 29.3 Å². The number of nitrogens with zero attached hydrogens (tertiary/aromatic N) is 1. The molecule has 112 valence electrons. The van der Waals surface area contributed by atoms with Crippen LogP contribution < -0.4 is 5.73 Å². The highest BCUT2D eigenvalue weighted by molar-refractivity contribution is 5.20. The molecule has 1 aromatic carbocycles. The van der Waals surface area contributed by atoms with Crippen LogP contribution in [0.15, 0.2) is 30.3 Å². The third-order valence-corrected chi connectivity index (χ3v) is 4.52. The van der Waals surface area contributed by atoms with Gasteiger partial charge in [-0.05, 0) is 50.3 Å². The van der Waals surface area contributed by atoms with E-state index in [0.29, 0.717) is 18.4 Å². The summed E-state index contributed by atoms with van der Waals surface area (Å²) in [5, 5.41) is 0. The van der Waals surface area contributed by atoms with E-state index in [4.69, 9.17) is 5.73 Å². The van der Waals surface area contributed by atoms with E-state index < -0.39 is 6.43 Å². The van der Waals surface area contributed by atoms with E-state index >= 15 is 0 Å². The Morgan fingerprint density at radius 3 is 2.55 bits per heavy atom. The molecule has 2 N–H and O–H groups in total. The zero-order valence-corrected chi connectivity index (χ0v) is 12.0. The van der Waals surface area contributed by atoms with Crippen LogP contribution in [0.25, 0.3) is 0 Å². The molecule has 20 heavy (non-hydrogen) atoms. The standard InChI is InChI=1S/C16H24F2N2/c1-20(11-16(17)18)15-9-13(7-8-14(15)10-19)12-5-3-2-4-6-12/h2-6,13-16H,7-11,19H2,1H3. The fourth-order valence-electron chi connectivity index (χ4n) is 3.41. The summed E-state index contributed by atoms with van der Waals surface area (Å²) in [7, 11) is 1.80. The maximum atomic E-state index is 12.6. The van der Waals surface area contributed by atoms with Gasteiger partial charge in [-0.2, -0.15) is 0 Å². The number of rotatable bonds is 5. The Morgan fingerprint density at radius 2 is 1.95 bits per heavy atom. The zero-order chi connectivity index (χ0) is 14.5. The first-order valence-corrected chi connectivity index (χ1v) is 7.35. The average Bonchev–Trinajstić information content (AvgIpc) is 2.46. The normalized spacial score (nSPS) is 27.2. The summed E-state index contributed by atoms with van der Waals surface area (Å²) in [6, 6.07) is 10.5. The molecule has 0 amide bonds. The molecule has 1 aliphatic carbocycles. The lowest BCUT2D eigenvalue weighted by molar-refractivity contribution is 0.0480. The highest BCUT2D eigenvalue weighted by Crippen LogP contribution is 2.37. The summed E-state index contributed by atoms with van der Waals surface area (Å²) in [6.07, 6.45) is 0.768. The molecule has 4 heteroatoms. The zero-order valence-electron chi connectivity index (χ0n) is 12.0. The van der Waals surface area contributed by atoms with E-state index in [1.54, 1.807) is 11.9 Å².